The summed E-state index contributed by atoms with van der Waals surface area (Å²) in [6.45, 7) is 0. The van der Waals surface area contributed by atoms with Gasteiger partial charge in [-0.2, -0.15) is 0 Å². The van der Waals surface area contributed by atoms with E-state index in [1.54, 1.807) is 28.0 Å². The predicted octanol–water partition coefficient (Wildman–Crippen LogP) is 5.20. The lowest BCUT2D eigenvalue weighted by Crippen LogP contribution is -2.22. The van der Waals surface area contributed by atoms with Crippen LogP contribution >= 0.6 is 34.7 Å². The van der Waals surface area contributed by atoms with Crippen LogP contribution in [0.15, 0.2) is 81.3 Å². The van der Waals surface area contributed by atoms with Crippen molar-refractivity contribution in [3.8, 4) is 5.69 Å². The summed E-state index contributed by atoms with van der Waals surface area (Å²) in [5, 5.41) is 5.17. The van der Waals surface area contributed by atoms with E-state index in [4.69, 9.17) is 16.6 Å². The zero-order chi connectivity index (χ0) is 19.1. The Labute approximate surface area is 172 Å². The van der Waals surface area contributed by atoms with Gasteiger partial charge in [0.2, 0.25) is 0 Å². The minimum atomic E-state index is -0.170. The summed E-state index contributed by atoms with van der Waals surface area (Å²) in [6, 6.07) is 16.5. The Morgan fingerprint density at radius 2 is 1.79 bits per heavy atom. The van der Waals surface area contributed by atoms with Gasteiger partial charge in [-0.15, -0.1) is 11.3 Å². The van der Waals surface area contributed by atoms with E-state index in [1.165, 1.54) is 18.1 Å². The molecule has 0 atom stereocenters. The van der Waals surface area contributed by atoms with Gasteiger partial charge in [0.25, 0.3) is 5.56 Å². The van der Waals surface area contributed by atoms with Crippen molar-refractivity contribution in [2.24, 2.45) is 0 Å². The Morgan fingerprint density at radius 1 is 0.964 bits per heavy atom. The van der Waals surface area contributed by atoms with Crippen molar-refractivity contribution in [2.45, 2.75) is 10.2 Å². The molecule has 0 saturated carbocycles. The first kappa shape index (κ1) is 17.4. The number of nitrogens with zero attached hydrogens (tertiary/aromatic N) is 4. The second-order valence-electron chi connectivity index (χ2n) is 5.92. The van der Waals surface area contributed by atoms with Gasteiger partial charge in [-0.25, -0.2) is 15.0 Å². The number of rotatable bonds is 3. The summed E-state index contributed by atoms with van der Waals surface area (Å²) in [5.41, 5.74) is 1.05. The molecule has 0 aliphatic heterocycles. The summed E-state index contributed by atoms with van der Waals surface area (Å²) in [6.07, 6.45) is 1.53. The van der Waals surface area contributed by atoms with Crippen LogP contribution in [0.1, 0.15) is 0 Å². The molecule has 28 heavy (non-hydrogen) atoms. The fourth-order valence-corrected chi connectivity index (χ4v) is 4.94. The first-order valence-electron chi connectivity index (χ1n) is 8.35. The molecular formula is C20H11ClN4OS2. The molecule has 5 nitrogen and oxygen atoms in total. The molecule has 0 saturated heterocycles. The van der Waals surface area contributed by atoms with Crippen LogP contribution in [-0.4, -0.2) is 19.5 Å². The van der Waals surface area contributed by atoms with Gasteiger partial charge in [-0.1, -0.05) is 35.9 Å². The van der Waals surface area contributed by atoms with Crippen molar-refractivity contribution in [1.82, 2.24) is 19.5 Å². The first-order chi connectivity index (χ1) is 13.7. The molecule has 0 amide bonds. The van der Waals surface area contributed by atoms with Gasteiger partial charge >= 0.3 is 0 Å². The highest BCUT2D eigenvalue weighted by molar-refractivity contribution is 7.99. The average molecular weight is 423 g/mol. The minimum absolute atomic E-state index is 0.170. The van der Waals surface area contributed by atoms with Crippen LogP contribution < -0.4 is 5.56 Å². The average Bonchev–Trinajstić information content (AvgIpc) is 3.19. The second-order valence-corrected chi connectivity index (χ2v) is 8.18. The van der Waals surface area contributed by atoms with E-state index in [-0.39, 0.29) is 5.56 Å². The van der Waals surface area contributed by atoms with Crippen molar-refractivity contribution in [3.63, 3.8) is 0 Å². The van der Waals surface area contributed by atoms with E-state index in [1.807, 2.05) is 47.8 Å². The topological polar surface area (TPSA) is 60.7 Å². The van der Waals surface area contributed by atoms with Crippen molar-refractivity contribution in [3.05, 3.63) is 81.7 Å². The third-order valence-corrected chi connectivity index (χ3v) is 6.37. The molecule has 0 radical (unpaired) electrons. The number of thiophene rings is 1. The number of para-hydroxylation sites is 2. The Kier molecular flexibility index (Phi) is 4.35. The predicted molar refractivity (Wildman–Crippen MR) is 114 cm³/mol. The van der Waals surface area contributed by atoms with Crippen LogP contribution in [0, 0.1) is 0 Å². The van der Waals surface area contributed by atoms with E-state index in [2.05, 4.69) is 9.97 Å². The molecule has 5 aromatic rings. The smallest absolute Gasteiger partial charge is 0.266 e. The Bertz CT molecular complexity index is 1400. The molecular weight excluding hydrogens is 412 g/mol. The maximum absolute atomic E-state index is 13.3. The molecule has 0 fully saturated rings. The molecule has 0 unspecified atom stereocenters. The van der Waals surface area contributed by atoms with Crippen LogP contribution in [0.2, 0.25) is 5.02 Å². The van der Waals surface area contributed by atoms with Gasteiger partial charge in [-0.3, -0.25) is 9.36 Å². The van der Waals surface area contributed by atoms with Crippen LogP contribution in [0.5, 0.6) is 0 Å². The molecule has 3 aromatic heterocycles. The van der Waals surface area contributed by atoms with Crippen LogP contribution in [-0.2, 0) is 0 Å². The molecule has 2 aromatic carbocycles. The second kappa shape index (κ2) is 7.01. The lowest BCUT2D eigenvalue weighted by molar-refractivity contribution is 0.818. The quantitative estimate of drug-likeness (QED) is 0.295. The first-order valence-corrected chi connectivity index (χ1v) is 10.4. The van der Waals surface area contributed by atoms with Crippen molar-refractivity contribution in [2.75, 3.05) is 0 Å². The fraction of sp³-hybridized carbons (Fsp3) is 0. The molecule has 0 aliphatic rings. The van der Waals surface area contributed by atoms with E-state index in [9.17, 15) is 4.79 Å². The minimum Gasteiger partial charge on any atom is -0.268 e. The van der Waals surface area contributed by atoms with E-state index >= 15 is 0 Å². The molecule has 3 heterocycles. The van der Waals surface area contributed by atoms with E-state index in [0.29, 0.717) is 26.8 Å². The van der Waals surface area contributed by atoms with Gasteiger partial charge < -0.3 is 0 Å². The largest absolute Gasteiger partial charge is 0.268 e. The Balaban J connectivity index is 1.80. The standard InChI is InChI=1S/C20H11ClN4OS2/c21-14-6-2-4-8-16(14)25-19(26)12-5-1-3-7-15(12)24-20(25)28-18-13-9-10-27-17(13)22-11-23-18/h1-11H. The lowest BCUT2D eigenvalue weighted by atomic mass is 10.2. The monoisotopic (exact) mass is 422 g/mol. The molecule has 0 spiro atoms. The molecule has 0 N–H and O–H groups in total. The highest BCUT2D eigenvalue weighted by atomic mass is 35.5. The van der Waals surface area contributed by atoms with Crippen molar-refractivity contribution >= 4 is 55.8 Å². The number of fused-ring (bicyclic) bond motifs is 2. The Hall–Kier alpha value is -2.74. The van der Waals surface area contributed by atoms with E-state index < -0.39 is 0 Å². The SMILES string of the molecule is O=c1c2ccccc2nc(Sc2ncnc3sccc23)n1-c1ccccc1Cl. The van der Waals surface area contributed by atoms with Gasteiger partial charge in [0.05, 0.1) is 21.6 Å². The number of hydrogen-bond donors (Lipinski definition) is 0. The Morgan fingerprint density at radius 3 is 2.68 bits per heavy atom. The summed E-state index contributed by atoms with van der Waals surface area (Å²) in [4.78, 5) is 27.7. The summed E-state index contributed by atoms with van der Waals surface area (Å²) in [7, 11) is 0. The van der Waals surface area contributed by atoms with Crippen LogP contribution in [0.4, 0.5) is 0 Å². The highest BCUT2D eigenvalue weighted by Crippen LogP contribution is 2.34. The third kappa shape index (κ3) is 2.88. The van der Waals surface area contributed by atoms with Crippen LogP contribution in [0.3, 0.4) is 0 Å². The van der Waals surface area contributed by atoms with Gasteiger partial charge in [0.15, 0.2) is 5.16 Å². The molecule has 0 aliphatic carbocycles. The maximum Gasteiger partial charge on any atom is 0.266 e. The van der Waals surface area contributed by atoms with E-state index in [0.717, 1.165) is 15.2 Å². The fourth-order valence-electron chi connectivity index (χ4n) is 2.96. The zero-order valence-corrected chi connectivity index (χ0v) is 16.6. The van der Waals surface area contributed by atoms with Gasteiger partial charge in [-0.05, 0) is 47.5 Å². The summed E-state index contributed by atoms with van der Waals surface area (Å²) in [5.74, 6) is 0. The highest BCUT2D eigenvalue weighted by Gasteiger charge is 2.17. The zero-order valence-electron chi connectivity index (χ0n) is 14.2. The molecule has 8 heteroatoms. The van der Waals surface area contributed by atoms with Gasteiger partial charge in [0.1, 0.15) is 16.2 Å². The molecule has 0 bridgehead atoms. The maximum atomic E-state index is 13.3. The molecule has 136 valence electrons. The summed E-state index contributed by atoms with van der Waals surface area (Å²) >= 11 is 9.29. The number of benzene rings is 2. The number of halogens is 1. The van der Waals surface area contributed by atoms with Crippen molar-refractivity contribution in [1.29, 1.82) is 0 Å². The van der Waals surface area contributed by atoms with Gasteiger partial charge in [0, 0.05) is 5.39 Å². The van der Waals surface area contributed by atoms with Crippen molar-refractivity contribution < 1.29 is 0 Å². The number of hydrogen-bond acceptors (Lipinski definition) is 6. The number of aromatic nitrogens is 4. The molecule has 5 rings (SSSR count). The summed E-state index contributed by atoms with van der Waals surface area (Å²) < 4.78 is 1.55. The third-order valence-electron chi connectivity index (χ3n) is 4.25. The van der Waals surface area contributed by atoms with Crippen LogP contribution in [0.25, 0.3) is 26.8 Å². The lowest BCUT2D eigenvalue weighted by Gasteiger charge is -2.14. The normalized spacial score (nSPS) is 11.3.